The average Bonchev–Trinajstić information content (AvgIpc) is 2.66. The number of rotatable bonds is 1. The first-order valence-electron chi connectivity index (χ1n) is 5.11. The number of aromatic amines is 1. The highest BCUT2D eigenvalue weighted by molar-refractivity contribution is 9.10. The summed E-state index contributed by atoms with van der Waals surface area (Å²) in [5.74, 6) is -0.616. The quantitative estimate of drug-likeness (QED) is 0.543. The number of nitro groups is 1. The molecule has 3 aromatic rings. The van der Waals surface area contributed by atoms with Gasteiger partial charge in [0.25, 0.3) is 5.69 Å². The molecule has 0 bridgehead atoms. The van der Waals surface area contributed by atoms with E-state index in [1.165, 1.54) is 6.07 Å². The number of H-pyrrole nitrogens is 1. The van der Waals surface area contributed by atoms with Crippen LogP contribution in [0.1, 0.15) is 0 Å². The van der Waals surface area contributed by atoms with Crippen LogP contribution in [-0.4, -0.2) is 9.91 Å². The molecule has 0 fully saturated rings. The van der Waals surface area contributed by atoms with E-state index < -0.39 is 10.7 Å². The number of benzene rings is 2. The zero-order valence-corrected chi connectivity index (χ0v) is 10.5. The van der Waals surface area contributed by atoms with Gasteiger partial charge in [-0.2, -0.15) is 0 Å². The molecular formula is C12H6BrFN2O2. The van der Waals surface area contributed by atoms with Crippen molar-refractivity contribution in [2.45, 2.75) is 0 Å². The summed E-state index contributed by atoms with van der Waals surface area (Å²) < 4.78 is 14.3. The lowest BCUT2D eigenvalue weighted by Gasteiger charge is -1.95. The van der Waals surface area contributed by atoms with Gasteiger partial charge in [0.1, 0.15) is 11.3 Å². The van der Waals surface area contributed by atoms with Gasteiger partial charge in [-0.3, -0.25) is 10.1 Å². The van der Waals surface area contributed by atoms with Crippen molar-refractivity contribution >= 4 is 43.4 Å². The van der Waals surface area contributed by atoms with E-state index >= 15 is 0 Å². The highest BCUT2D eigenvalue weighted by atomic mass is 79.9. The Morgan fingerprint density at radius 3 is 2.72 bits per heavy atom. The van der Waals surface area contributed by atoms with E-state index in [-0.39, 0.29) is 5.69 Å². The van der Waals surface area contributed by atoms with E-state index in [9.17, 15) is 14.5 Å². The average molecular weight is 309 g/mol. The Morgan fingerprint density at radius 2 is 2.00 bits per heavy atom. The topological polar surface area (TPSA) is 58.9 Å². The van der Waals surface area contributed by atoms with Crippen molar-refractivity contribution in [3.8, 4) is 0 Å². The van der Waals surface area contributed by atoms with Crippen molar-refractivity contribution in [2.75, 3.05) is 0 Å². The maximum atomic E-state index is 13.4. The first-order valence-corrected chi connectivity index (χ1v) is 5.90. The third-order valence-corrected chi connectivity index (χ3v) is 3.30. The summed E-state index contributed by atoms with van der Waals surface area (Å²) >= 11 is 3.33. The second kappa shape index (κ2) is 3.78. The number of hydrogen-bond acceptors (Lipinski definition) is 2. The molecule has 1 N–H and O–H groups in total. The third kappa shape index (κ3) is 1.57. The fraction of sp³-hybridized carbons (Fsp3) is 0. The lowest BCUT2D eigenvalue weighted by molar-refractivity contribution is -0.383. The van der Waals surface area contributed by atoms with Crippen LogP contribution in [0.5, 0.6) is 0 Å². The number of hydrogen-bond donors (Lipinski definition) is 1. The molecule has 0 amide bonds. The molecule has 18 heavy (non-hydrogen) atoms. The number of aromatic nitrogens is 1. The number of halogens is 2. The lowest BCUT2D eigenvalue weighted by atomic mass is 10.1. The third-order valence-electron chi connectivity index (χ3n) is 2.81. The highest BCUT2D eigenvalue weighted by Gasteiger charge is 2.18. The van der Waals surface area contributed by atoms with Gasteiger partial charge in [0.2, 0.25) is 0 Å². The molecule has 0 unspecified atom stereocenters. The maximum Gasteiger partial charge on any atom is 0.296 e. The molecule has 1 heterocycles. The summed E-state index contributed by atoms with van der Waals surface area (Å²) in [6, 6.07) is 7.64. The standard InChI is InChI=1S/C12H6BrFN2O2/c13-6-1-2-10-8(3-6)9-4-7(14)5-11(16(17)18)12(9)15-10/h1-5,15H. The van der Waals surface area contributed by atoms with Crippen LogP contribution in [-0.2, 0) is 0 Å². The van der Waals surface area contributed by atoms with Crippen molar-refractivity contribution < 1.29 is 9.31 Å². The Balaban J connectivity index is 2.54. The number of non-ortho nitro benzene ring substituents is 1. The predicted octanol–water partition coefficient (Wildman–Crippen LogP) is 4.13. The Bertz CT molecular complexity index is 797. The summed E-state index contributed by atoms with van der Waals surface area (Å²) in [4.78, 5) is 13.3. The molecule has 0 aliphatic carbocycles. The molecule has 3 rings (SSSR count). The van der Waals surface area contributed by atoms with Crippen molar-refractivity contribution in [1.82, 2.24) is 4.98 Å². The molecular weight excluding hydrogens is 303 g/mol. The summed E-state index contributed by atoms with van der Waals surface area (Å²) in [5.41, 5.74) is 0.828. The van der Waals surface area contributed by atoms with Gasteiger partial charge in [0.05, 0.1) is 11.0 Å². The second-order valence-corrected chi connectivity index (χ2v) is 4.84. The summed E-state index contributed by atoms with van der Waals surface area (Å²) in [5, 5.41) is 12.2. The molecule has 0 aliphatic rings. The minimum absolute atomic E-state index is 0.252. The predicted molar refractivity (Wildman–Crippen MR) is 70.1 cm³/mol. The van der Waals surface area contributed by atoms with Crippen LogP contribution in [0.3, 0.4) is 0 Å². The van der Waals surface area contributed by atoms with E-state index in [2.05, 4.69) is 20.9 Å². The second-order valence-electron chi connectivity index (χ2n) is 3.92. The van der Waals surface area contributed by atoms with Crippen LogP contribution in [0.4, 0.5) is 10.1 Å². The van der Waals surface area contributed by atoms with E-state index in [0.717, 1.165) is 21.4 Å². The molecule has 0 saturated carbocycles. The molecule has 0 atom stereocenters. The molecule has 0 saturated heterocycles. The van der Waals surface area contributed by atoms with E-state index in [4.69, 9.17) is 0 Å². The number of nitrogens with zero attached hydrogens (tertiary/aromatic N) is 1. The van der Waals surface area contributed by atoms with Gasteiger partial charge in [-0.05, 0) is 24.3 Å². The van der Waals surface area contributed by atoms with E-state index in [0.29, 0.717) is 10.9 Å². The van der Waals surface area contributed by atoms with Gasteiger partial charge >= 0.3 is 0 Å². The smallest absolute Gasteiger partial charge is 0.296 e. The first-order chi connectivity index (χ1) is 8.56. The Morgan fingerprint density at radius 1 is 1.22 bits per heavy atom. The highest BCUT2D eigenvalue weighted by Crippen LogP contribution is 2.33. The molecule has 1 aromatic heterocycles. The van der Waals surface area contributed by atoms with Gasteiger partial charge in [0.15, 0.2) is 0 Å². The molecule has 0 aliphatic heterocycles. The van der Waals surface area contributed by atoms with Crippen molar-refractivity contribution in [3.63, 3.8) is 0 Å². The number of nitrogens with one attached hydrogen (secondary N) is 1. The van der Waals surface area contributed by atoms with Crippen LogP contribution >= 0.6 is 15.9 Å². The van der Waals surface area contributed by atoms with Crippen LogP contribution in [0.25, 0.3) is 21.8 Å². The minimum Gasteiger partial charge on any atom is -0.349 e. The largest absolute Gasteiger partial charge is 0.349 e. The van der Waals surface area contributed by atoms with Crippen molar-refractivity contribution in [3.05, 3.63) is 50.7 Å². The van der Waals surface area contributed by atoms with Gasteiger partial charge in [0, 0.05) is 20.8 Å². The van der Waals surface area contributed by atoms with E-state index in [1.807, 2.05) is 6.07 Å². The zero-order chi connectivity index (χ0) is 12.9. The van der Waals surface area contributed by atoms with Gasteiger partial charge in [-0.1, -0.05) is 15.9 Å². The summed E-state index contributed by atoms with van der Waals surface area (Å²) in [6.07, 6.45) is 0. The fourth-order valence-electron chi connectivity index (χ4n) is 2.06. The Hall–Kier alpha value is -1.95. The van der Waals surface area contributed by atoms with Crippen LogP contribution in [0.2, 0.25) is 0 Å². The summed E-state index contributed by atoms with van der Waals surface area (Å²) in [7, 11) is 0. The molecule has 90 valence electrons. The number of fused-ring (bicyclic) bond motifs is 3. The van der Waals surface area contributed by atoms with Crippen LogP contribution in [0, 0.1) is 15.9 Å². The zero-order valence-electron chi connectivity index (χ0n) is 8.91. The molecule has 0 radical (unpaired) electrons. The Labute approximate surface area is 109 Å². The molecule has 0 spiro atoms. The molecule has 6 heteroatoms. The number of nitro benzene ring substituents is 1. The summed E-state index contributed by atoms with van der Waals surface area (Å²) in [6.45, 7) is 0. The van der Waals surface area contributed by atoms with Crippen molar-refractivity contribution in [1.29, 1.82) is 0 Å². The van der Waals surface area contributed by atoms with Crippen LogP contribution in [0.15, 0.2) is 34.8 Å². The van der Waals surface area contributed by atoms with Gasteiger partial charge in [-0.15, -0.1) is 0 Å². The minimum atomic E-state index is -0.616. The molecule has 4 nitrogen and oxygen atoms in total. The fourth-order valence-corrected chi connectivity index (χ4v) is 2.42. The van der Waals surface area contributed by atoms with Gasteiger partial charge < -0.3 is 4.98 Å². The van der Waals surface area contributed by atoms with Crippen LogP contribution < -0.4 is 0 Å². The normalized spacial score (nSPS) is 11.2. The van der Waals surface area contributed by atoms with E-state index in [1.54, 1.807) is 12.1 Å². The molecule has 2 aromatic carbocycles. The van der Waals surface area contributed by atoms with Crippen molar-refractivity contribution in [2.24, 2.45) is 0 Å². The van der Waals surface area contributed by atoms with Gasteiger partial charge in [-0.25, -0.2) is 4.39 Å². The SMILES string of the molecule is O=[N+]([O-])c1cc(F)cc2c1[nH]c1ccc(Br)cc12. The monoisotopic (exact) mass is 308 g/mol. The Kier molecular flexibility index (Phi) is 2.34. The lowest BCUT2D eigenvalue weighted by Crippen LogP contribution is -1.90. The first kappa shape index (κ1) is 11.2. The maximum absolute atomic E-state index is 13.4.